The summed E-state index contributed by atoms with van der Waals surface area (Å²) in [4.78, 5) is 0. The van der Waals surface area contributed by atoms with Gasteiger partial charge in [0.15, 0.2) is 17.3 Å². The van der Waals surface area contributed by atoms with Gasteiger partial charge in [-0.15, -0.1) is 0 Å². The third-order valence-corrected chi connectivity index (χ3v) is 5.37. The molecular formula is C22H19ClN2O4. The minimum atomic E-state index is -0.539. The Balaban J connectivity index is 1.62. The Morgan fingerprint density at radius 1 is 1.24 bits per heavy atom. The highest BCUT2D eigenvalue weighted by Crippen LogP contribution is 2.51. The average Bonchev–Trinajstić information content (AvgIpc) is 3.40. The van der Waals surface area contributed by atoms with Crippen LogP contribution in [-0.2, 0) is 0 Å². The molecule has 148 valence electrons. The van der Waals surface area contributed by atoms with Crippen molar-refractivity contribution >= 4 is 17.3 Å². The maximum atomic E-state index is 10.4. The lowest BCUT2D eigenvalue weighted by molar-refractivity contribution is -0.0344. The number of para-hydroxylation sites is 1. The second-order valence-electron chi connectivity index (χ2n) is 6.90. The van der Waals surface area contributed by atoms with Crippen LogP contribution in [0.4, 0.5) is 0 Å². The number of aromatic hydroxyl groups is 1. The lowest BCUT2D eigenvalue weighted by atomic mass is 9.95. The average molecular weight is 411 g/mol. The second kappa shape index (κ2) is 7.04. The van der Waals surface area contributed by atoms with Crippen LogP contribution in [0.25, 0.3) is 0 Å². The van der Waals surface area contributed by atoms with E-state index in [4.69, 9.17) is 30.6 Å². The maximum Gasteiger partial charge on any atom is 0.246 e. The first-order valence-corrected chi connectivity index (χ1v) is 9.84. The Labute approximate surface area is 172 Å². The first-order chi connectivity index (χ1) is 14.2. The summed E-state index contributed by atoms with van der Waals surface area (Å²) in [5.41, 5.74) is 2.34. The lowest BCUT2D eigenvalue weighted by Crippen LogP contribution is -2.33. The Bertz CT molecular complexity index is 1080. The minimum Gasteiger partial charge on any atom is -0.507 e. The third-order valence-electron chi connectivity index (χ3n) is 5.14. The van der Waals surface area contributed by atoms with Crippen molar-refractivity contribution in [3.05, 3.63) is 76.7 Å². The molecule has 1 N–H and O–H groups in total. The highest BCUT2D eigenvalue weighted by Gasteiger charge is 2.43. The fourth-order valence-electron chi connectivity index (χ4n) is 3.87. The standard InChI is InChI=1S/C22H19ClN2O4/c1-2-27-19-6-3-5-14-17-12-16(15-11-13(23)8-9-18(15)26)24-25(17)22(29-21(14)19)20-7-4-10-28-20/h3-11,17,22,26H,2,12H2,1H3. The SMILES string of the molecule is CCOc1cccc2c1OC(c1ccco1)N1N=C(c3cc(Cl)ccc3O)CC21. The van der Waals surface area contributed by atoms with Gasteiger partial charge in [-0.3, -0.25) is 0 Å². The van der Waals surface area contributed by atoms with Crippen LogP contribution < -0.4 is 9.47 Å². The van der Waals surface area contributed by atoms with Gasteiger partial charge in [0.1, 0.15) is 5.75 Å². The number of hydrogen-bond donors (Lipinski definition) is 1. The molecule has 2 aliphatic rings. The quantitative estimate of drug-likeness (QED) is 0.633. The molecule has 3 aromatic rings. The van der Waals surface area contributed by atoms with Gasteiger partial charge in [-0.1, -0.05) is 23.7 Å². The number of rotatable bonds is 4. The zero-order chi connectivity index (χ0) is 20.0. The topological polar surface area (TPSA) is 67.4 Å². The molecule has 0 fully saturated rings. The Kier molecular flexibility index (Phi) is 4.36. The summed E-state index contributed by atoms with van der Waals surface area (Å²) in [5.74, 6) is 2.18. The molecule has 0 saturated heterocycles. The molecule has 5 rings (SSSR count). The van der Waals surface area contributed by atoms with E-state index in [1.807, 2.05) is 42.3 Å². The smallest absolute Gasteiger partial charge is 0.246 e. The minimum absolute atomic E-state index is 0.0809. The van der Waals surface area contributed by atoms with Gasteiger partial charge in [0.25, 0.3) is 0 Å². The summed E-state index contributed by atoms with van der Waals surface area (Å²) < 4.78 is 17.8. The maximum absolute atomic E-state index is 10.4. The van der Waals surface area contributed by atoms with Crippen LogP contribution in [-0.4, -0.2) is 22.4 Å². The van der Waals surface area contributed by atoms with Crippen molar-refractivity contribution in [3.8, 4) is 17.2 Å². The van der Waals surface area contributed by atoms with Gasteiger partial charge < -0.3 is 19.0 Å². The van der Waals surface area contributed by atoms with Crippen molar-refractivity contribution in [2.75, 3.05) is 6.61 Å². The predicted molar refractivity (Wildman–Crippen MR) is 109 cm³/mol. The number of nitrogens with zero attached hydrogens (tertiary/aromatic N) is 2. The number of ether oxygens (including phenoxy) is 2. The van der Waals surface area contributed by atoms with Crippen LogP contribution in [0.5, 0.6) is 17.2 Å². The molecule has 2 atom stereocenters. The Morgan fingerprint density at radius 2 is 2.14 bits per heavy atom. The number of phenolic OH excluding ortho intramolecular Hbond substituents is 1. The summed E-state index contributed by atoms with van der Waals surface area (Å²) in [6, 6.07) is 14.4. The zero-order valence-corrected chi connectivity index (χ0v) is 16.5. The molecule has 7 heteroatoms. The summed E-state index contributed by atoms with van der Waals surface area (Å²) in [6.07, 6.45) is 1.67. The van der Waals surface area contributed by atoms with E-state index < -0.39 is 6.23 Å². The molecular weight excluding hydrogens is 392 g/mol. The molecule has 0 aliphatic carbocycles. The van der Waals surface area contributed by atoms with E-state index >= 15 is 0 Å². The molecule has 2 aliphatic heterocycles. The molecule has 0 saturated carbocycles. The fourth-order valence-corrected chi connectivity index (χ4v) is 4.05. The van der Waals surface area contributed by atoms with Crippen LogP contribution in [0, 0.1) is 0 Å². The van der Waals surface area contributed by atoms with Crippen molar-refractivity contribution in [3.63, 3.8) is 0 Å². The first-order valence-electron chi connectivity index (χ1n) is 9.46. The van der Waals surface area contributed by atoms with Crippen LogP contribution in [0.3, 0.4) is 0 Å². The summed E-state index contributed by atoms with van der Waals surface area (Å²) in [5, 5.41) is 17.6. The number of furan rings is 1. The van der Waals surface area contributed by atoms with E-state index in [9.17, 15) is 5.11 Å². The zero-order valence-electron chi connectivity index (χ0n) is 15.7. The third kappa shape index (κ3) is 3.00. The van der Waals surface area contributed by atoms with Crippen LogP contribution >= 0.6 is 11.6 Å². The number of fused-ring (bicyclic) bond motifs is 3. The number of hydrazone groups is 1. The first kappa shape index (κ1) is 17.9. The van der Waals surface area contributed by atoms with E-state index in [2.05, 4.69) is 0 Å². The van der Waals surface area contributed by atoms with Crippen molar-refractivity contribution in [1.82, 2.24) is 5.01 Å². The molecule has 0 bridgehead atoms. The van der Waals surface area contributed by atoms with Crippen molar-refractivity contribution in [1.29, 1.82) is 0 Å². The summed E-state index contributed by atoms with van der Waals surface area (Å²) >= 11 is 6.16. The molecule has 1 aromatic heterocycles. The molecule has 0 radical (unpaired) electrons. The van der Waals surface area contributed by atoms with Gasteiger partial charge in [-0.2, -0.15) is 5.10 Å². The number of halogens is 1. The molecule has 2 unspecified atom stereocenters. The fraction of sp³-hybridized carbons (Fsp3) is 0.227. The van der Waals surface area contributed by atoms with Gasteiger partial charge in [-0.05, 0) is 43.3 Å². The molecule has 3 heterocycles. The predicted octanol–water partition coefficient (Wildman–Crippen LogP) is 5.28. The normalized spacial score (nSPS) is 19.9. The number of phenols is 1. The highest BCUT2D eigenvalue weighted by molar-refractivity contribution is 6.31. The number of hydrogen-bond acceptors (Lipinski definition) is 6. The van der Waals surface area contributed by atoms with Gasteiger partial charge >= 0.3 is 0 Å². The number of benzene rings is 2. The molecule has 2 aromatic carbocycles. The molecule has 0 spiro atoms. The van der Waals surface area contributed by atoms with Crippen molar-refractivity contribution in [2.24, 2.45) is 5.10 Å². The molecule has 6 nitrogen and oxygen atoms in total. The van der Waals surface area contributed by atoms with E-state index in [1.54, 1.807) is 24.5 Å². The monoisotopic (exact) mass is 410 g/mol. The van der Waals surface area contributed by atoms with Crippen LogP contribution in [0.2, 0.25) is 5.02 Å². The van der Waals surface area contributed by atoms with Gasteiger partial charge in [0.05, 0.1) is 24.6 Å². The van der Waals surface area contributed by atoms with E-state index in [0.29, 0.717) is 40.9 Å². The summed E-state index contributed by atoms with van der Waals surface area (Å²) in [7, 11) is 0. The molecule has 0 amide bonds. The highest BCUT2D eigenvalue weighted by atomic mass is 35.5. The second-order valence-corrected chi connectivity index (χ2v) is 7.34. The van der Waals surface area contributed by atoms with Crippen LogP contribution in [0.1, 0.15) is 42.5 Å². The largest absolute Gasteiger partial charge is 0.507 e. The Morgan fingerprint density at radius 3 is 2.93 bits per heavy atom. The Hall–Kier alpha value is -3.12. The lowest BCUT2D eigenvalue weighted by Gasteiger charge is -2.37. The summed E-state index contributed by atoms with van der Waals surface area (Å²) in [6.45, 7) is 2.48. The van der Waals surface area contributed by atoms with E-state index in [1.165, 1.54) is 0 Å². The van der Waals surface area contributed by atoms with Gasteiger partial charge in [-0.25, -0.2) is 5.01 Å². The van der Waals surface area contributed by atoms with Crippen LogP contribution in [0.15, 0.2) is 64.3 Å². The van der Waals surface area contributed by atoms with Gasteiger partial charge in [0.2, 0.25) is 6.23 Å². The van der Waals surface area contributed by atoms with Crippen molar-refractivity contribution < 1.29 is 19.0 Å². The van der Waals surface area contributed by atoms with Crippen molar-refractivity contribution in [2.45, 2.75) is 25.6 Å². The van der Waals surface area contributed by atoms with E-state index in [0.717, 1.165) is 11.3 Å². The molecule has 29 heavy (non-hydrogen) atoms. The van der Waals surface area contributed by atoms with Gasteiger partial charge in [0, 0.05) is 22.6 Å². The van der Waals surface area contributed by atoms with E-state index in [-0.39, 0.29) is 11.8 Å².